The van der Waals surface area contributed by atoms with Crippen LogP contribution in [0.2, 0.25) is 0 Å². The third kappa shape index (κ3) is 3.72. The minimum absolute atomic E-state index is 0.364. The molecule has 0 saturated carbocycles. The zero-order valence-corrected chi connectivity index (χ0v) is 12.0. The van der Waals surface area contributed by atoms with E-state index >= 15 is 0 Å². The van der Waals surface area contributed by atoms with Crippen LogP contribution in [0.3, 0.4) is 0 Å². The highest BCUT2D eigenvalue weighted by Gasteiger charge is 2.30. The normalized spacial score (nSPS) is 11.3. The van der Waals surface area contributed by atoms with Gasteiger partial charge in [0.1, 0.15) is 11.5 Å². The van der Waals surface area contributed by atoms with Crippen molar-refractivity contribution in [3.8, 4) is 22.6 Å². The molecule has 0 atom stereocenters. The molecule has 0 amide bonds. The van der Waals surface area contributed by atoms with E-state index in [2.05, 4.69) is 0 Å². The average molecular weight is 314 g/mol. The van der Waals surface area contributed by atoms with E-state index in [9.17, 15) is 13.2 Å². The van der Waals surface area contributed by atoms with Crippen molar-refractivity contribution in [2.75, 3.05) is 0 Å². The summed E-state index contributed by atoms with van der Waals surface area (Å²) in [6.07, 6.45) is -4.34. The van der Waals surface area contributed by atoms with Crippen LogP contribution in [0.25, 0.3) is 11.1 Å². The van der Waals surface area contributed by atoms with Crippen molar-refractivity contribution in [3.63, 3.8) is 0 Å². The molecule has 3 rings (SSSR count). The van der Waals surface area contributed by atoms with Crippen LogP contribution >= 0.6 is 0 Å². The summed E-state index contributed by atoms with van der Waals surface area (Å²) in [4.78, 5) is 0. The lowest BCUT2D eigenvalue weighted by molar-refractivity contribution is -0.137. The molecule has 0 fully saturated rings. The van der Waals surface area contributed by atoms with Crippen LogP contribution < -0.4 is 4.74 Å². The number of halogens is 3. The Kier molecular flexibility index (Phi) is 4.06. The van der Waals surface area contributed by atoms with Gasteiger partial charge in [-0.1, -0.05) is 42.5 Å². The quantitative estimate of drug-likeness (QED) is 0.562. The summed E-state index contributed by atoms with van der Waals surface area (Å²) in [6.45, 7) is 0. The Bertz CT molecular complexity index is 778. The lowest BCUT2D eigenvalue weighted by atomic mass is 10.1. The zero-order chi connectivity index (χ0) is 16.3. The highest BCUT2D eigenvalue weighted by molar-refractivity contribution is 5.65. The molecule has 0 unspecified atom stereocenters. The van der Waals surface area contributed by atoms with Crippen molar-refractivity contribution in [2.24, 2.45) is 0 Å². The highest BCUT2D eigenvalue weighted by Crippen LogP contribution is 2.32. The van der Waals surface area contributed by atoms with Crippen LogP contribution in [0, 0.1) is 0 Å². The van der Waals surface area contributed by atoms with E-state index in [1.807, 2.05) is 48.5 Å². The van der Waals surface area contributed by atoms with Gasteiger partial charge in [-0.05, 0) is 47.5 Å². The molecular weight excluding hydrogens is 301 g/mol. The van der Waals surface area contributed by atoms with E-state index in [-0.39, 0.29) is 0 Å². The van der Waals surface area contributed by atoms with Gasteiger partial charge in [-0.3, -0.25) is 0 Å². The molecule has 23 heavy (non-hydrogen) atoms. The third-order valence-electron chi connectivity index (χ3n) is 3.36. The molecule has 0 radical (unpaired) electrons. The number of rotatable bonds is 3. The maximum Gasteiger partial charge on any atom is 0.416 e. The summed E-state index contributed by atoms with van der Waals surface area (Å²) in [5.41, 5.74) is 1.34. The fourth-order valence-electron chi connectivity index (χ4n) is 2.22. The van der Waals surface area contributed by atoms with Crippen LogP contribution in [0.5, 0.6) is 11.5 Å². The van der Waals surface area contributed by atoms with Crippen molar-refractivity contribution in [2.45, 2.75) is 6.18 Å². The zero-order valence-electron chi connectivity index (χ0n) is 12.0. The van der Waals surface area contributed by atoms with Crippen molar-refractivity contribution < 1.29 is 17.9 Å². The molecule has 3 aromatic rings. The summed E-state index contributed by atoms with van der Waals surface area (Å²) >= 11 is 0. The van der Waals surface area contributed by atoms with Gasteiger partial charge < -0.3 is 4.74 Å². The fraction of sp³-hybridized carbons (Fsp3) is 0.0526. The van der Waals surface area contributed by atoms with E-state index in [0.717, 1.165) is 23.3 Å². The Morgan fingerprint density at radius 3 is 1.91 bits per heavy atom. The number of ether oxygens (including phenoxy) is 1. The smallest absolute Gasteiger partial charge is 0.416 e. The largest absolute Gasteiger partial charge is 0.457 e. The number of hydrogen-bond donors (Lipinski definition) is 0. The van der Waals surface area contributed by atoms with E-state index in [1.165, 1.54) is 12.1 Å². The molecule has 3 aromatic carbocycles. The first-order valence-corrected chi connectivity index (χ1v) is 7.03. The Morgan fingerprint density at radius 2 is 1.26 bits per heavy atom. The molecule has 0 aromatic heterocycles. The Hall–Kier alpha value is -2.75. The third-order valence-corrected chi connectivity index (χ3v) is 3.36. The second-order valence-corrected chi connectivity index (χ2v) is 5.02. The van der Waals surface area contributed by atoms with Gasteiger partial charge in [-0.25, -0.2) is 0 Å². The van der Waals surface area contributed by atoms with Crippen molar-refractivity contribution in [1.29, 1.82) is 0 Å². The molecule has 1 nitrogen and oxygen atoms in total. The summed E-state index contributed by atoms with van der Waals surface area (Å²) in [5, 5.41) is 0. The van der Waals surface area contributed by atoms with Crippen LogP contribution in [-0.4, -0.2) is 0 Å². The Morgan fingerprint density at radius 1 is 0.609 bits per heavy atom. The van der Waals surface area contributed by atoms with Crippen LogP contribution in [0.15, 0.2) is 78.9 Å². The van der Waals surface area contributed by atoms with Gasteiger partial charge in [0, 0.05) is 0 Å². The topological polar surface area (TPSA) is 9.23 Å². The second kappa shape index (κ2) is 6.16. The fourth-order valence-corrected chi connectivity index (χ4v) is 2.22. The monoisotopic (exact) mass is 314 g/mol. The summed E-state index contributed by atoms with van der Waals surface area (Å²) < 4.78 is 43.3. The molecule has 0 saturated heterocycles. The van der Waals surface area contributed by atoms with Gasteiger partial charge in [-0.2, -0.15) is 13.2 Å². The maximum atomic E-state index is 12.5. The molecule has 0 aliphatic heterocycles. The SMILES string of the molecule is FC(F)(F)c1ccc(Oc2cccc(-c3ccccc3)c2)cc1. The van der Waals surface area contributed by atoms with E-state index in [4.69, 9.17) is 4.74 Å². The average Bonchev–Trinajstić information content (AvgIpc) is 2.56. The molecule has 0 N–H and O–H groups in total. The molecular formula is C19H13F3O. The molecule has 0 bridgehead atoms. The van der Waals surface area contributed by atoms with Gasteiger partial charge in [0.05, 0.1) is 5.56 Å². The number of hydrogen-bond acceptors (Lipinski definition) is 1. The molecule has 0 heterocycles. The molecule has 0 spiro atoms. The van der Waals surface area contributed by atoms with Crippen LogP contribution in [0.1, 0.15) is 5.56 Å². The lowest BCUT2D eigenvalue weighted by Crippen LogP contribution is -2.03. The van der Waals surface area contributed by atoms with Crippen molar-refractivity contribution in [3.05, 3.63) is 84.4 Å². The molecule has 0 aliphatic carbocycles. The summed E-state index contributed by atoms with van der Waals surface area (Å²) in [6, 6.07) is 21.9. The van der Waals surface area contributed by atoms with Gasteiger partial charge >= 0.3 is 6.18 Å². The predicted molar refractivity (Wildman–Crippen MR) is 83.4 cm³/mol. The number of benzene rings is 3. The van der Waals surface area contributed by atoms with Crippen LogP contribution in [0.4, 0.5) is 13.2 Å². The Labute approximate surface area is 132 Å². The van der Waals surface area contributed by atoms with Crippen molar-refractivity contribution in [1.82, 2.24) is 0 Å². The van der Waals surface area contributed by atoms with Crippen molar-refractivity contribution >= 4 is 0 Å². The minimum Gasteiger partial charge on any atom is -0.457 e. The Balaban J connectivity index is 1.81. The maximum absolute atomic E-state index is 12.5. The highest BCUT2D eigenvalue weighted by atomic mass is 19.4. The van der Waals surface area contributed by atoms with E-state index in [1.54, 1.807) is 6.07 Å². The van der Waals surface area contributed by atoms with E-state index < -0.39 is 11.7 Å². The first kappa shape index (κ1) is 15.2. The van der Waals surface area contributed by atoms with Gasteiger partial charge in [-0.15, -0.1) is 0 Å². The molecule has 116 valence electrons. The lowest BCUT2D eigenvalue weighted by Gasteiger charge is -2.10. The predicted octanol–water partition coefficient (Wildman–Crippen LogP) is 6.16. The summed E-state index contributed by atoms with van der Waals surface area (Å²) in [5.74, 6) is 0.939. The summed E-state index contributed by atoms with van der Waals surface area (Å²) in [7, 11) is 0. The standard InChI is InChI=1S/C19H13F3O/c20-19(21,22)16-9-11-17(12-10-16)23-18-8-4-7-15(13-18)14-5-2-1-3-6-14/h1-13H. The number of alkyl halides is 3. The van der Waals surface area contributed by atoms with Gasteiger partial charge in [0.25, 0.3) is 0 Å². The van der Waals surface area contributed by atoms with Gasteiger partial charge in [0.2, 0.25) is 0 Å². The first-order chi connectivity index (χ1) is 11.0. The molecule has 4 heteroatoms. The first-order valence-electron chi connectivity index (χ1n) is 7.03. The van der Waals surface area contributed by atoms with Crippen LogP contribution in [-0.2, 0) is 6.18 Å². The minimum atomic E-state index is -4.34. The molecule has 0 aliphatic rings. The van der Waals surface area contributed by atoms with E-state index in [0.29, 0.717) is 11.5 Å². The van der Waals surface area contributed by atoms with Gasteiger partial charge in [0.15, 0.2) is 0 Å². The second-order valence-electron chi connectivity index (χ2n) is 5.02.